The van der Waals surface area contributed by atoms with Crippen LogP contribution in [0.5, 0.6) is 34.5 Å². The van der Waals surface area contributed by atoms with Gasteiger partial charge in [-0.05, 0) is 48.5 Å². The summed E-state index contributed by atoms with van der Waals surface area (Å²) in [7, 11) is 2.95. The van der Waals surface area contributed by atoms with Crippen molar-refractivity contribution in [3.8, 4) is 34.5 Å². The Morgan fingerprint density at radius 2 is 0.608 bits per heavy atom. The van der Waals surface area contributed by atoms with Crippen LogP contribution in [0, 0.1) is 0 Å². The molecule has 0 spiro atoms. The molecule has 22 nitrogen and oxygen atoms in total. The van der Waals surface area contributed by atoms with Crippen molar-refractivity contribution in [1.29, 1.82) is 0 Å². The molecular weight excluding hydrogens is 957 g/mol. The second-order valence-corrected chi connectivity index (χ2v) is 15.1. The molecule has 74 heavy (non-hydrogen) atoms. The lowest BCUT2D eigenvalue weighted by Gasteiger charge is -2.12. The van der Waals surface area contributed by atoms with Gasteiger partial charge in [0.05, 0.1) is 111 Å². The maximum absolute atomic E-state index is 13.2. The molecule has 4 aromatic carbocycles. The number of amides is 4. The summed E-state index contributed by atoms with van der Waals surface area (Å²) in [5, 5.41) is 16.3. The highest BCUT2D eigenvalue weighted by molar-refractivity contribution is 5.99. The van der Waals surface area contributed by atoms with Gasteiger partial charge >= 0.3 is 0 Å². The predicted molar refractivity (Wildman–Crippen MR) is 271 cm³/mol. The van der Waals surface area contributed by atoms with Crippen molar-refractivity contribution in [2.24, 2.45) is 20.4 Å². The quantitative estimate of drug-likeness (QED) is 0.181. The topological polar surface area (TPSA) is 265 Å². The van der Waals surface area contributed by atoms with Crippen molar-refractivity contribution in [1.82, 2.24) is 31.7 Å². The maximum atomic E-state index is 13.2. The lowest BCUT2D eigenvalue weighted by Crippen LogP contribution is -2.20. The fourth-order valence-electron chi connectivity index (χ4n) is 6.63. The van der Waals surface area contributed by atoms with Gasteiger partial charge in [0, 0.05) is 24.3 Å². The number of hydrogen-bond acceptors (Lipinski definition) is 18. The van der Waals surface area contributed by atoms with E-state index in [1.807, 2.05) is 0 Å². The number of hydrogen-bond donors (Lipinski definition) is 4. The summed E-state index contributed by atoms with van der Waals surface area (Å²) in [6.45, 7) is 1.07. The van der Waals surface area contributed by atoms with Crippen molar-refractivity contribution in [3.05, 3.63) is 166 Å². The highest BCUT2D eigenvalue weighted by Crippen LogP contribution is 2.22. The smallest absolute Gasteiger partial charge is 0.275 e. The molecule has 0 radical (unpaired) electrons. The molecular formula is C52H50N10O12. The van der Waals surface area contributed by atoms with Crippen molar-refractivity contribution in [3.63, 3.8) is 0 Å². The van der Waals surface area contributed by atoms with Gasteiger partial charge in [-0.25, -0.2) is 31.7 Å². The van der Waals surface area contributed by atoms with Crippen LogP contribution in [0.25, 0.3) is 0 Å². The number of nitrogens with one attached hydrogen (secondary N) is 4. The predicted octanol–water partition coefficient (Wildman–Crippen LogP) is 4.81. The molecule has 4 N–H and O–H groups in total. The fraction of sp³-hybridized carbons (Fsp3) is 0.192. The molecule has 7 rings (SSSR count). The summed E-state index contributed by atoms with van der Waals surface area (Å²) in [4.78, 5) is 61.7. The highest BCUT2D eigenvalue weighted by Gasteiger charge is 2.16. The van der Waals surface area contributed by atoms with E-state index in [2.05, 4.69) is 52.1 Å². The lowest BCUT2D eigenvalue weighted by molar-refractivity contribution is 0.0748. The third-order valence-corrected chi connectivity index (χ3v) is 10.1. The zero-order chi connectivity index (χ0) is 51.7. The molecule has 1 aliphatic rings. The Morgan fingerprint density at radius 1 is 0.365 bits per heavy atom. The molecule has 1 aliphatic heterocycles. The number of hydrazone groups is 4. The van der Waals surface area contributed by atoms with Gasteiger partial charge in [0.25, 0.3) is 23.6 Å². The molecule has 0 unspecified atom stereocenters. The molecule has 0 saturated heterocycles. The van der Waals surface area contributed by atoms with E-state index < -0.39 is 23.6 Å². The minimum Gasteiger partial charge on any atom is -0.497 e. The van der Waals surface area contributed by atoms with Crippen molar-refractivity contribution >= 4 is 48.5 Å². The second kappa shape index (κ2) is 27.7. The molecule has 0 atom stereocenters. The molecule has 4 amide bonds. The fourth-order valence-corrected chi connectivity index (χ4v) is 6.63. The molecule has 3 heterocycles. The number of carbonyl (C=O) groups excluding carboxylic acids is 4. The highest BCUT2D eigenvalue weighted by atomic mass is 16.6. The Labute approximate surface area is 424 Å². The summed E-state index contributed by atoms with van der Waals surface area (Å²) < 4.78 is 45.7. The molecule has 0 saturated carbocycles. The standard InChI is InChI=1S/C52H50N10O12/c1-67-39-27-35-31-53-59-49(63)41-11-3-7-15-45(41)71-23-19-69-21-25-73-47-17-9-5-13-43(47)51(65)61-55-33-37-29-40(68-2)30-38(58-37)34-56-62-52(66)44-14-6-10-18-48(44)74-26-22-70-20-24-72-46-16-8-4-12-42(46)50(64)60-54-32-36(28-39)57-35/h3-18,27-34H,19-26H2,1-2H3,(H,59,63)(H,60,64)(H,61,65)(H,62,66)/b53-31+,54-32+,55-33+,56-34+. The number of pyridine rings is 2. The van der Waals surface area contributed by atoms with Gasteiger partial charge in [0.15, 0.2) is 0 Å². The number of fused-ring (bicyclic) bond motifs is 8. The average Bonchev–Trinajstić information content (AvgIpc) is 3.42. The molecule has 0 fully saturated rings. The van der Waals surface area contributed by atoms with Gasteiger partial charge in [-0.2, -0.15) is 20.4 Å². The zero-order valence-corrected chi connectivity index (χ0v) is 40.1. The zero-order valence-electron chi connectivity index (χ0n) is 40.1. The Bertz CT molecular complexity index is 2630. The minimum absolute atomic E-state index is 0.108. The van der Waals surface area contributed by atoms with Gasteiger partial charge < -0.3 is 37.9 Å². The van der Waals surface area contributed by atoms with Crippen LogP contribution in [0.4, 0.5) is 0 Å². The number of carbonyl (C=O) groups is 4. The Morgan fingerprint density at radius 3 is 0.851 bits per heavy atom. The Kier molecular flexibility index (Phi) is 19.6. The third-order valence-electron chi connectivity index (χ3n) is 10.1. The van der Waals surface area contributed by atoms with Crippen LogP contribution in [0.2, 0.25) is 0 Å². The second-order valence-electron chi connectivity index (χ2n) is 15.1. The normalized spacial score (nSPS) is 16.6. The first-order valence-corrected chi connectivity index (χ1v) is 22.8. The van der Waals surface area contributed by atoms with Gasteiger partial charge in [0.1, 0.15) is 60.9 Å². The van der Waals surface area contributed by atoms with E-state index in [4.69, 9.17) is 37.9 Å². The SMILES string of the molecule is COc1cc2nc(c1)/C=N/NC(=O)c1ccccc1OCCOCCOc1ccccc1C(=O)N/N=C/c1cc(OC)cc(n1)/C=N/NC(=O)c1ccccc1OCCOCCOc1ccccc1C(=O)N/N=C/2. The van der Waals surface area contributed by atoms with Crippen LogP contribution in [0.3, 0.4) is 0 Å². The van der Waals surface area contributed by atoms with Crippen LogP contribution in [-0.2, 0) is 9.47 Å². The molecule has 2 aromatic heterocycles. The van der Waals surface area contributed by atoms with E-state index in [1.54, 1.807) is 121 Å². The summed E-state index contributed by atoms with van der Waals surface area (Å²) in [6, 6.07) is 33.0. The number of methoxy groups -OCH3 is 2. The number of aromatic nitrogens is 2. The van der Waals surface area contributed by atoms with Crippen LogP contribution < -0.4 is 50.1 Å². The number of rotatable bonds is 2. The molecule has 6 aromatic rings. The van der Waals surface area contributed by atoms with E-state index in [0.29, 0.717) is 57.3 Å². The number of nitrogens with zero attached hydrogens (tertiary/aromatic N) is 6. The average molecular weight is 1010 g/mol. The van der Waals surface area contributed by atoms with Crippen LogP contribution in [-0.4, -0.2) is 126 Å². The minimum atomic E-state index is -0.542. The van der Waals surface area contributed by atoms with Crippen LogP contribution >= 0.6 is 0 Å². The number of benzene rings is 4. The largest absolute Gasteiger partial charge is 0.497 e. The lowest BCUT2D eigenvalue weighted by atomic mass is 10.2. The Balaban J connectivity index is 1.03. The first-order chi connectivity index (χ1) is 36.3. The molecule has 22 heteroatoms. The van der Waals surface area contributed by atoms with E-state index in [-0.39, 0.29) is 75.1 Å². The van der Waals surface area contributed by atoms with E-state index >= 15 is 0 Å². The summed E-state index contributed by atoms with van der Waals surface area (Å²) in [5.74, 6) is -0.127. The van der Waals surface area contributed by atoms with Gasteiger partial charge in [-0.1, -0.05) is 48.5 Å². The summed E-state index contributed by atoms with van der Waals surface area (Å²) in [6.07, 6.45) is 5.30. The first-order valence-electron chi connectivity index (χ1n) is 22.8. The number of ether oxygens (including phenoxy) is 8. The van der Waals surface area contributed by atoms with Crippen molar-refractivity contribution < 1.29 is 57.1 Å². The van der Waals surface area contributed by atoms with E-state index in [1.165, 1.54) is 39.1 Å². The van der Waals surface area contributed by atoms with Crippen LogP contribution in [0.15, 0.2) is 142 Å². The molecule has 380 valence electrons. The first kappa shape index (κ1) is 52.3. The third kappa shape index (κ3) is 15.7. The maximum Gasteiger partial charge on any atom is 0.275 e. The number of para-hydroxylation sites is 4. The monoisotopic (exact) mass is 1010 g/mol. The van der Waals surface area contributed by atoms with Crippen LogP contribution in [0.1, 0.15) is 64.2 Å². The van der Waals surface area contributed by atoms with Gasteiger partial charge in [0.2, 0.25) is 0 Å². The molecule has 0 aliphatic carbocycles. The van der Waals surface area contributed by atoms with E-state index in [0.717, 1.165) is 0 Å². The van der Waals surface area contributed by atoms with E-state index in [9.17, 15) is 19.2 Å². The van der Waals surface area contributed by atoms with Crippen molar-refractivity contribution in [2.75, 3.05) is 67.1 Å². The summed E-state index contributed by atoms with van der Waals surface area (Å²) >= 11 is 0. The molecule has 4 bridgehead atoms. The van der Waals surface area contributed by atoms with Gasteiger partial charge in [-0.3, -0.25) is 19.2 Å². The summed E-state index contributed by atoms with van der Waals surface area (Å²) in [5.41, 5.74) is 12.1. The Hall–Kier alpha value is -9.54. The van der Waals surface area contributed by atoms with Gasteiger partial charge in [-0.15, -0.1) is 0 Å². The van der Waals surface area contributed by atoms with Crippen molar-refractivity contribution in [2.45, 2.75) is 0 Å².